The molecule has 2 aliphatic rings. The molecule has 4 rings (SSSR count). The molecule has 1 aromatic carbocycles. The number of hydrogen-bond acceptors (Lipinski definition) is 5. The number of nitrogens with zero attached hydrogens (tertiary/aromatic N) is 4. The van der Waals surface area contributed by atoms with Gasteiger partial charge in [0.05, 0.1) is 17.2 Å². The smallest absolute Gasteiger partial charge is 0.169 e. The first-order chi connectivity index (χ1) is 14.6. The van der Waals surface area contributed by atoms with Gasteiger partial charge in [-0.05, 0) is 62.5 Å². The first-order valence-corrected chi connectivity index (χ1v) is 11.2. The minimum atomic E-state index is 0.276. The van der Waals surface area contributed by atoms with Gasteiger partial charge in [0.15, 0.2) is 5.11 Å². The van der Waals surface area contributed by atoms with Crippen molar-refractivity contribution in [2.75, 3.05) is 44.2 Å². The van der Waals surface area contributed by atoms with Crippen LogP contribution in [0.3, 0.4) is 0 Å². The Morgan fingerprint density at radius 1 is 1.27 bits per heavy atom. The van der Waals surface area contributed by atoms with Gasteiger partial charge in [-0.2, -0.15) is 5.26 Å². The van der Waals surface area contributed by atoms with E-state index in [1.165, 1.54) is 11.1 Å². The molecule has 7 heteroatoms. The molecule has 2 fully saturated rings. The van der Waals surface area contributed by atoms with Crippen LogP contribution >= 0.6 is 12.2 Å². The van der Waals surface area contributed by atoms with Crippen LogP contribution in [0.25, 0.3) is 10.9 Å². The lowest BCUT2D eigenvalue weighted by atomic mass is 10.0. The van der Waals surface area contributed by atoms with Gasteiger partial charge in [-0.15, -0.1) is 0 Å². The zero-order valence-electron chi connectivity index (χ0n) is 17.8. The molecule has 30 heavy (non-hydrogen) atoms. The van der Waals surface area contributed by atoms with Gasteiger partial charge in [-0.1, -0.05) is 12.1 Å². The van der Waals surface area contributed by atoms with E-state index in [-0.39, 0.29) is 6.10 Å². The van der Waals surface area contributed by atoms with Gasteiger partial charge in [0.25, 0.3) is 0 Å². The third-order valence-corrected chi connectivity index (χ3v) is 6.60. The Hall–Kier alpha value is -2.43. The van der Waals surface area contributed by atoms with Crippen molar-refractivity contribution in [1.29, 1.82) is 5.26 Å². The Balaban J connectivity index is 1.48. The zero-order valence-corrected chi connectivity index (χ0v) is 18.6. The second kappa shape index (κ2) is 9.15. The van der Waals surface area contributed by atoms with Crippen LogP contribution < -0.4 is 10.2 Å². The summed E-state index contributed by atoms with van der Waals surface area (Å²) >= 11 is 5.64. The number of aryl methyl sites for hydroxylation is 2. The van der Waals surface area contributed by atoms with E-state index in [4.69, 9.17) is 21.9 Å². The highest BCUT2D eigenvalue weighted by Gasteiger charge is 2.22. The molecule has 1 N–H and O–H groups in total. The van der Waals surface area contributed by atoms with Gasteiger partial charge in [0.2, 0.25) is 0 Å². The van der Waals surface area contributed by atoms with Gasteiger partial charge >= 0.3 is 0 Å². The lowest BCUT2D eigenvalue weighted by molar-refractivity contribution is 0.113. The molecule has 2 aliphatic heterocycles. The number of fused-ring (bicyclic) bond motifs is 1. The number of benzene rings is 1. The van der Waals surface area contributed by atoms with Crippen molar-refractivity contribution in [3.8, 4) is 6.07 Å². The fourth-order valence-electron chi connectivity index (χ4n) is 4.25. The van der Waals surface area contributed by atoms with Crippen molar-refractivity contribution in [2.24, 2.45) is 0 Å². The van der Waals surface area contributed by atoms with Gasteiger partial charge in [0.1, 0.15) is 11.9 Å². The highest BCUT2D eigenvalue weighted by Crippen LogP contribution is 2.27. The lowest BCUT2D eigenvalue weighted by Gasteiger charge is -2.26. The molecule has 158 valence electrons. The monoisotopic (exact) mass is 423 g/mol. The largest absolute Gasteiger partial charge is 0.376 e. The van der Waals surface area contributed by atoms with Crippen LogP contribution in [-0.2, 0) is 4.74 Å². The maximum Gasteiger partial charge on any atom is 0.169 e. The van der Waals surface area contributed by atoms with E-state index in [2.05, 4.69) is 47.2 Å². The van der Waals surface area contributed by atoms with E-state index >= 15 is 0 Å². The van der Waals surface area contributed by atoms with Crippen LogP contribution in [0, 0.1) is 25.2 Å². The van der Waals surface area contributed by atoms with Crippen molar-refractivity contribution < 1.29 is 4.74 Å². The first-order valence-electron chi connectivity index (χ1n) is 10.8. The quantitative estimate of drug-likeness (QED) is 0.760. The van der Waals surface area contributed by atoms with Crippen LogP contribution in [0.2, 0.25) is 0 Å². The summed E-state index contributed by atoms with van der Waals surface area (Å²) in [7, 11) is 0. The molecule has 1 aromatic heterocycles. The number of rotatable bonds is 3. The number of nitriles is 1. The van der Waals surface area contributed by atoms with Crippen molar-refractivity contribution in [1.82, 2.24) is 15.2 Å². The zero-order chi connectivity index (χ0) is 21.1. The summed E-state index contributed by atoms with van der Waals surface area (Å²) in [5, 5.41) is 14.9. The second-order valence-electron chi connectivity index (χ2n) is 8.20. The lowest BCUT2D eigenvalue weighted by Crippen LogP contribution is -2.44. The fraction of sp³-hybridized carbons (Fsp3) is 0.522. The molecule has 2 aromatic rings. The Kier molecular flexibility index (Phi) is 6.35. The Bertz CT molecular complexity index is 980. The molecule has 0 spiro atoms. The molecule has 2 saturated heterocycles. The van der Waals surface area contributed by atoms with E-state index in [9.17, 15) is 5.26 Å². The Labute approximate surface area is 183 Å². The molecule has 0 aliphatic carbocycles. The molecule has 0 radical (unpaired) electrons. The number of anilines is 1. The molecule has 1 atom stereocenters. The van der Waals surface area contributed by atoms with Crippen molar-refractivity contribution in [2.45, 2.75) is 39.2 Å². The maximum atomic E-state index is 9.75. The van der Waals surface area contributed by atoms with E-state index in [1.54, 1.807) is 0 Å². The molecule has 0 bridgehead atoms. The standard InChI is InChI=1S/C23H29N5OS/c1-16-6-7-18-13-19(14-24)22(26-21(18)17(16)2)27-8-4-9-28(11-10-27)23(30)25-15-20-5-3-12-29-20/h6-7,13,20H,3-5,8-12,15H2,1-2H3,(H,25,30). The molecule has 1 unspecified atom stereocenters. The van der Waals surface area contributed by atoms with Crippen molar-refractivity contribution >= 4 is 34.1 Å². The molecular weight excluding hydrogens is 394 g/mol. The summed E-state index contributed by atoms with van der Waals surface area (Å²) in [5.41, 5.74) is 4.02. The van der Waals surface area contributed by atoms with E-state index < -0.39 is 0 Å². The summed E-state index contributed by atoms with van der Waals surface area (Å²) < 4.78 is 5.68. The SMILES string of the molecule is Cc1ccc2cc(C#N)c(N3CCCN(C(=S)NCC4CCCO4)CC3)nc2c1C. The van der Waals surface area contributed by atoms with Crippen LogP contribution in [-0.4, -0.2) is 60.4 Å². The predicted octanol–water partition coefficient (Wildman–Crippen LogP) is 3.29. The van der Waals surface area contributed by atoms with Crippen LogP contribution in [0.5, 0.6) is 0 Å². The number of thiocarbonyl (C=S) groups is 1. The minimum absolute atomic E-state index is 0.276. The third kappa shape index (κ3) is 4.35. The molecular formula is C23H29N5OS. The summed E-state index contributed by atoms with van der Waals surface area (Å²) in [6.45, 7) is 9.21. The van der Waals surface area contributed by atoms with Gasteiger partial charge in [0, 0.05) is 44.7 Å². The summed E-state index contributed by atoms with van der Waals surface area (Å²) in [6, 6.07) is 8.47. The van der Waals surface area contributed by atoms with Crippen LogP contribution in [0.15, 0.2) is 18.2 Å². The number of pyridine rings is 1. The summed E-state index contributed by atoms with van der Waals surface area (Å²) in [5.74, 6) is 0.791. The Morgan fingerprint density at radius 2 is 2.13 bits per heavy atom. The van der Waals surface area contributed by atoms with Crippen molar-refractivity contribution in [3.63, 3.8) is 0 Å². The van der Waals surface area contributed by atoms with E-state index in [0.29, 0.717) is 5.56 Å². The molecule has 0 saturated carbocycles. The number of hydrogen-bond donors (Lipinski definition) is 1. The second-order valence-corrected chi connectivity index (χ2v) is 8.59. The number of ether oxygens (including phenoxy) is 1. The highest BCUT2D eigenvalue weighted by atomic mass is 32.1. The Morgan fingerprint density at radius 3 is 2.90 bits per heavy atom. The van der Waals surface area contributed by atoms with Crippen molar-refractivity contribution in [3.05, 3.63) is 34.9 Å². The third-order valence-electron chi connectivity index (χ3n) is 6.20. The van der Waals surface area contributed by atoms with Gasteiger partial charge in [-0.25, -0.2) is 4.98 Å². The van der Waals surface area contributed by atoms with Gasteiger partial charge < -0.3 is 19.9 Å². The average molecular weight is 424 g/mol. The normalized spacial score (nSPS) is 19.6. The maximum absolute atomic E-state index is 9.75. The molecule has 6 nitrogen and oxygen atoms in total. The topological polar surface area (TPSA) is 64.4 Å². The van der Waals surface area contributed by atoms with E-state index in [0.717, 1.165) is 80.4 Å². The highest BCUT2D eigenvalue weighted by molar-refractivity contribution is 7.80. The number of aromatic nitrogens is 1. The van der Waals surface area contributed by atoms with Crippen LogP contribution in [0.4, 0.5) is 5.82 Å². The summed E-state index contributed by atoms with van der Waals surface area (Å²) in [6.07, 6.45) is 3.49. The fourth-order valence-corrected chi connectivity index (χ4v) is 4.51. The predicted molar refractivity (Wildman–Crippen MR) is 124 cm³/mol. The molecule has 0 amide bonds. The van der Waals surface area contributed by atoms with Gasteiger partial charge in [-0.3, -0.25) is 0 Å². The number of nitrogens with one attached hydrogen (secondary N) is 1. The average Bonchev–Trinajstić information content (AvgIpc) is 3.16. The van der Waals surface area contributed by atoms with E-state index in [1.807, 2.05) is 6.07 Å². The minimum Gasteiger partial charge on any atom is -0.376 e. The summed E-state index contributed by atoms with van der Waals surface area (Å²) in [4.78, 5) is 9.42. The molecule has 3 heterocycles. The van der Waals surface area contributed by atoms with Crippen LogP contribution in [0.1, 0.15) is 36.0 Å². The first kappa shape index (κ1) is 20.8.